The van der Waals surface area contributed by atoms with Crippen molar-refractivity contribution in [1.29, 1.82) is 0 Å². The molecule has 1 N–H and O–H groups in total. The van der Waals surface area contributed by atoms with Gasteiger partial charge >= 0.3 is 0 Å². The topological polar surface area (TPSA) is 88.5 Å². The first kappa shape index (κ1) is 29.8. The number of aliphatic hydroxyl groups excluding tert-OH is 1. The molecule has 0 bridgehead atoms. The first-order valence-electron chi connectivity index (χ1n) is 13.6. The van der Waals surface area contributed by atoms with Gasteiger partial charge < -0.3 is 29.1 Å². The number of hydrogen-bond donors (Lipinski definition) is 1. The standard InChI is InChI=1S/C31H40N2O6/c1-6-19-38-24-14-11-22(12-15-24)29(34)27-28(33(31(36)30(27)35)18-17-32(8-3)9-4)23-13-16-25(39-20-7-2)26(21-23)37-10-5/h7,11-16,21,28,34H,2,6,8-10,17-20H2,1,3-5H3. The molecule has 1 unspecified atom stereocenters. The molecule has 1 aliphatic heterocycles. The van der Waals surface area contributed by atoms with Gasteiger partial charge in [-0.3, -0.25) is 9.59 Å². The van der Waals surface area contributed by atoms with Crippen molar-refractivity contribution < 1.29 is 28.9 Å². The highest BCUT2D eigenvalue weighted by Crippen LogP contribution is 2.42. The van der Waals surface area contributed by atoms with E-state index in [1.165, 1.54) is 0 Å². The summed E-state index contributed by atoms with van der Waals surface area (Å²) in [7, 11) is 0. The number of ether oxygens (including phenoxy) is 3. The minimum Gasteiger partial charge on any atom is -0.507 e. The van der Waals surface area contributed by atoms with E-state index in [0.29, 0.717) is 61.3 Å². The minimum absolute atomic E-state index is 0.0454. The number of amides is 1. The van der Waals surface area contributed by atoms with E-state index in [-0.39, 0.29) is 11.3 Å². The zero-order chi connectivity index (χ0) is 28.4. The Bertz CT molecular complexity index is 1170. The SMILES string of the molecule is C=CCOc1ccc(C2C(=C(O)c3ccc(OCCC)cc3)C(=O)C(=O)N2CCN(CC)CC)cc1OCC. The van der Waals surface area contributed by atoms with Crippen molar-refractivity contribution in [3.63, 3.8) is 0 Å². The minimum atomic E-state index is -0.788. The molecule has 0 saturated carbocycles. The Morgan fingerprint density at radius 3 is 2.33 bits per heavy atom. The van der Waals surface area contributed by atoms with E-state index in [0.717, 1.165) is 19.5 Å². The molecule has 0 radical (unpaired) electrons. The number of benzene rings is 2. The van der Waals surface area contributed by atoms with Gasteiger partial charge in [-0.1, -0.05) is 39.5 Å². The largest absolute Gasteiger partial charge is 0.507 e. The molecule has 1 aliphatic rings. The number of Topliss-reactive ketones (excluding diaryl/α,β-unsaturated/α-hetero) is 1. The number of rotatable bonds is 15. The van der Waals surface area contributed by atoms with Crippen molar-refractivity contribution in [2.75, 3.05) is 46.0 Å². The number of likely N-dealkylation sites (tertiary alicyclic amines) is 1. The molecule has 8 nitrogen and oxygen atoms in total. The molecule has 1 atom stereocenters. The monoisotopic (exact) mass is 536 g/mol. The van der Waals surface area contributed by atoms with Crippen LogP contribution in [0.15, 0.2) is 60.7 Å². The van der Waals surface area contributed by atoms with Crippen LogP contribution in [0.4, 0.5) is 0 Å². The third-order valence-corrected chi connectivity index (χ3v) is 6.63. The molecule has 39 heavy (non-hydrogen) atoms. The quantitative estimate of drug-likeness (QED) is 0.145. The average molecular weight is 537 g/mol. The molecule has 1 saturated heterocycles. The van der Waals surface area contributed by atoms with Crippen LogP contribution in [0.2, 0.25) is 0 Å². The molecule has 2 aromatic carbocycles. The van der Waals surface area contributed by atoms with Gasteiger partial charge in [0.25, 0.3) is 11.7 Å². The summed E-state index contributed by atoms with van der Waals surface area (Å²) in [5.41, 5.74) is 1.12. The summed E-state index contributed by atoms with van der Waals surface area (Å²) in [4.78, 5) is 30.5. The van der Waals surface area contributed by atoms with Crippen LogP contribution in [0.3, 0.4) is 0 Å². The number of ketones is 1. The van der Waals surface area contributed by atoms with Gasteiger partial charge in [-0.25, -0.2) is 0 Å². The van der Waals surface area contributed by atoms with E-state index in [9.17, 15) is 14.7 Å². The third kappa shape index (κ3) is 7.00. The van der Waals surface area contributed by atoms with Gasteiger partial charge in [-0.2, -0.15) is 0 Å². The molecule has 3 rings (SSSR count). The molecule has 0 spiro atoms. The second-order valence-electron chi connectivity index (χ2n) is 9.13. The first-order valence-corrected chi connectivity index (χ1v) is 13.6. The third-order valence-electron chi connectivity index (χ3n) is 6.63. The second kappa shape index (κ2) is 14.4. The zero-order valence-electron chi connectivity index (χ0n) is 23.4. The summed E-state index contributed by atoms with van der Waals surface area (Å²) in [6.07, 6.45) is 2.52. The summed E-state index contributed by atoms with van der Waals surface area (Å²) in [6.45, 7) is 15.6. The van der Waals surface area contributed by atoms with Crippen LogP contribution in [0.25, 0.3) is 5.76 Å². The van der Waals surface area contributed by atoms with Crippen molar-refractivity contribution in [1.82, 2.24) is 9.80 Å². The molecular formula is C31H40N2O6. The Balaban J connectivity index is 2.10. The van der Waals surface area contributed by atoms with Crippen molar-refractivity contribution in [2.24, 2.45) is 0 Å². The second-order valence-corrected chi connectivity index (χ2v) is 9.13. The van der Waals surface area contributed by atoms with E-state index in [1.54, 1.807) is 53.4 Å². The number of hydrogen-bond acceptors (Lipinski definition) is 7. The van der Waals surface area contributed by atoms with Gasteiger partial charge in [0, 0.05) is 18.7 Å². The van der Waals surface area contributed by atoms with Gasteiger partial charge in [0.15, 0.2) is 11.5 Å². The van der Waals surface area contributed by atoms with Gasteiger partial charge in [0.05, 0.1) is 24.8 Å². The van der Waals surface area contributed by atoms with Gasteiger partial charge in [0.2, 0.25) is 0 Å². The maximum Gasteiger partial charge on any atom is 0.295 e. The van der Waals surface area contributed by atoms with Gasteiger partial charge in [-0.15, -0.1) is 0 Å². The van der Waals surface area contributed by atoms with Crippen LogP contribution in [0.1, 0.15) is 51.3 Å². The van der Waals surface area contributed by atoms with Crippen molar-refractivity contribution in [2.45, 2.75) is 40.2 Å². The number of likely N-dealkylation sites (N-methyl/N-ethyl adjacent to an activating group) is 1. The molecular weight excluding hydrogens is 496 g/mol. The molecule has 1 amide bonds. The lowest BCUT2D eigenvalue weighted by Crippen LogP contribution is -2.38. The van der Waals surface area contributed by atoms with Gasteiger partial charge in [0.1, 0.15) is 18.1 Å². The van der Waals surface area contributed by atoms with Crippen LogP contribution in [0.5, 0.6) is 17.2 Å². The smallest absolute Gasteiger partial charge is 0.295 e. The predicted molar refractivity (Wildman–Crippen MR) is 152 cm³/mol. The molecule has 8 heteroatoms. The Labute approximate surface area is 231 Å². The summed E-state index contributed by atoms with van der Waals surface area (Å²) in [5.74, 6) is 0.110. The fourth-order valence-corrected chi connectivity index (χ4v) is 4.56. The highest BCUT2D eigenvalue weighted by Gasteiger charge is 2.46. The molecule has 0 aromatic heterocycles. The fraction of sp³-hybridized carbons (Fsp3) is 0.419. The summed E-state index contributed by atoms with van der Waals surface area (Å²) in [6, 6.07) is 11.4. The van der Waals surface area contributed by atoms with Crippen LogP contribution in [-0.4, -0.2) is 72.6 Å². The maximum atomic E-state index is 13.4. The predicted octanol–water partition coefficient (Wildman–Crippen LogP) is 5.20. The summed E-state index contributed by atoms with van der Waals surface area (Å²) in [5, 5.41) is 11.4. The Morgan fingerprint density at radius 1 is 1.00 bits per heavy atom. The van der Waals surface area contributed by atoms with Crippen LogP contribution in [-0.2, 0) is 9.59 Å². The Morgan fingerprint density at radius 2 is 1.72 bits per heavy atom. The number of carbonyl (C=O) groups excluding carboxylic acids is 2. The van der Waals surface area contributed by atoms with Crippen LogP contribution in [0, 0.1) is 0 Å². The van der Waals surface area contributed by atoms with Crippen molar-refractivity contribution in [3.8, 4) is 17.2 Å². The summed E-state index contributed by atoms with van der Waals surface area (Å²) < 4.78 is 17.2. The highest BCUT2D eigenvalue weighted by molar-refractivity contribution is 6.46. The molecule has 2 aromatic rings. The average Bonchev–Trinajstić information content (AvgIpc) is 3.21. The molecule has 0 aliphatic carbocycles. The number of carbonyl (C=O) groups is 2. The normalized spacial score (nSPS) is 16.5. The van der Waals surface area contributed by atoms with E-state index < -0.39 is 17.7 Å². The molecule has 1 heterocycles. The Kier molecular flexibility index (Phi) is 11.0. The van der Waals surface area contributed by atoms with E-state index in [1.807, 2.05) is 13.8 Å². The van der Waals surface area contributed by atoms with Crippen LogP contribution >= 0.6 is 0 Å². The number of nitrogens with zero attached hydrogens (tertiary/aromatic N) is 2. The van der Waals surface area contributed by atoms with E-state index in [2.05, 4.69) is 25.3 Å². The molecule has 210 valence electrons. The maximum absolute atomic E-state index is 13.4. The number of aliphatic hydroxyl groups is 1. The fourth-order valence-electron chi connectivity index (χ4n) is 4.56. The van der Waals surface area contributed by atoms with Gasteiger partial charge in [-0.05, 0) is 68.4 Å². The lowest BCUT2D eigenvalue weighted by Gasteiger charge is -2.28. The highest BCUT2D eigenvalue weighted by atomic mass is 16.5. The lowest BCUT2D eigenvalue weighted by atomic mass is 9.95. The van der Waals surface area contributed by atoms with Crippen molar-refractivity contribution >= 4 is 17.4 Å². The van der Waals surface area contributed by atoms with E-state index in [4.69, 9.17) is 14.2 Å². The first-order chi connectivity index (χ1) is 18.9. The van der Waals surface area contributed by atoms with E-state index >= 15 is 0 Å². The molecule has 1 fully saturated rings. The lowest BCUT2D eigenvalue weighted by molar-refractivity contribution is -0.140. The zero-order valence-corrected chi connectivity index (χ0v) is 23.4. The summed E-state index contributed by atoms with van der Waals surface area (Å²) >= 11 is 0. The van der Waals surface area contributed by atoms with Crippen molar-refractivity contribution in [3.05, 3.63) is 71.8 Å². The van der Waals surface area contributed by atoms with Crippen LogP contribution < -0.4 is 14.2 Å². The Hall–Kier alpha value is -3.78.